The summed E-state index contributed by atoms with van der Waals surface area (Å²) in [4.78, 5) is 11.8. The van der Waals surface area contributed by atoms with Gasteiger partial charge >= 0.3 is 0 Å². The van der Waals surface area contributed by atoms with E-state index in [2.05, 4.69) is 41.6 Å². The van der Waals surface area contributed by atoms with Crippen LogP contribution in [0.25, 0.3) is 0 Å². The molecule has 1 saturated heterocycles. The molecule has 5 nitrogen and oxygen atoms in total. The summed E-state index contributed by atoms with van der Waals surface area (Å²) < 4.78 is 0. The number of hydrogen-bond acceptors (Lipinski definition) is 5. The maximum Gasteiger partial charge on any atom is 0.243 e. The van der Waals surface area contributed by atoms with E-state index in [1.54, 1.807) is 0 Å². The van der Waals surface area contributed by atoms with Crippen molar-refractivity contribution in [3.05, 3.63) is 5.01 Å². The zero-order valence-electron chi connectivity index (χ0n) is 10.4. The van der Waals surface area contributed by atoms with E-state index in [1.165, 1.54) is 11.3 Å². The number of nitrogens with one attached hydrogen (secondary N) is 2. The van der Waals surface area contributed by atoms with Crippen molar-refractivity contribution in [2.45, 2.75) is 45.1 Å². The van der Waals surface area contributed by atoms with Gasteiger partial charge in [0.1, 0.15) is 5.01 Å². The number of carbonyl (C=O) groups excluding carboxylic acids is 1. The maximum absolute atomic E-state index is 11.8. The summed E-state index contributed by atoms with van der Waals surface area (Å²) >= 11 is 1.44. The summed E-state index contributed by atoms with van der Waals surface area (Å²) in [5.74, 6) is -0.000825. The molecule has 1 unspecified atom stereocenters. The van der Waals surface area contributed by atoms with E-state index < -0.39 is 0 Å². The molecule has 1 atom stereocenters. The van der Waals surface area contributed by atoms with Gasteiger partial charge in [-0.25, -0.2) is 0 Å². The fourth-order valence-electron chi connectivity index (χ4n) is 1.68. The Kier molecular flexibility index (Phi) is 3.44. The van der Waals surface area contributed by atoms with Gasteiger partial charge in [-0.3, -0.25) is 10.1 Å². The molecule has 1 amide bonds. The Morgan fingerprint density at radius 1 is 1.47 bits per heavy atom. The molecule has 0 spiro atoms. The first-order valence-electron chi connectivity index (χ1n) is 5.85. The van der Waals surface area contributed by atoms with Gasteiger partial charge in [0, 0.05) is 5.41 Å². The van der Waals surface area contributed by atoms with Crippen LogP contribution in [0.4, 0.5) is 5.13 Å². The van der Waals surface area contributed by atoms with Gasteiger partial charge < -0.3 is 5.32 Å². The van der Waals surface area contributed by atoms with Gasteiger partial charge in [-0.15, -0.1) is 10.2 Å². The van der Waals surface area contributed by atoms with Gasteiger partial charge in [-0.1, -0.05) is 32.1 Å². The SMILES string of the molecule is CC(C)(C)c1nnc(NC(=O)C2CCCN2)s1. The number of rotatable bonds is 2. The van der Waals surface area contributed by atoms with Gasteiger partial charge in [0.25, 0.3) is 0 Å². The van der Waals surface area contributed by atoms with Crippen molar-refractivity contribution in [1.82, 2.24) is 15.5 Å². The molecule has 0 saturated carbocycles. The summed E-state index contributed by atoms with van der Waals surface area (Å²) in [5, 5.41) is 15.6. The quantitative estimate of drug-likeness (QED) is 0.840. The number of nitrogens with zero attached hydrogens (tertiary/aromatic N) is 2. The van der Waals surface area contributed by atoms with Crippen LogP contribution in [0.3, 0.4) is 0 Å². The van der Waals surface area contributed by atoms with E-state index in [4.69, 9.17) is 0 Å². The fraction of sp³-hybridized carbons (Fsp3) is 0.727. The second kappa shape index (κ2) is 4.70. The monoisotopic (exact) mass is 254 g/mol. The molecule has 0 aliphatic carbocycles. The lowest BCUT2D eigenvalue weighted by Crippen LogP contribution is -2.35. The van der Waals surface area contributed by atoms with Crippen LogP contribution in [0.15, 0.2) is 0 Å². The predicted molar refractivity (Wildman–Crippen MR) is 68.3 cm³/mol. The largest absolute Gasteiger partial charge is 0.306 e. The predicted octanol–water partition coefficient (Wildman–Crippen LogP) is 1.53. The molecule has 6 heteroatoms. The summed E-state index contributed by atoms with van der Waals surface area (Å²) in [6.07, 6.45) is 1.96. The van der Waals surface area contributed by atoms with Gasteiger partial charge in [0.05, 0.1) is 6.04 Å². The highest BCUT2D eigenvalue weighted by Crippen LogP contribution is 2.27. The molecular formula is C11H18N4OS. The molecule has 1 aliphatic heterocycles. The van der Waals surface area contributed by atoms with Gasteiger partial charge in [-0.2, -0.15) is 0 Å². The normalized spacial score (nSPS) is 20.5. The number of aromatic nitrogens is 2. The van der Waals surface area contributed by atoms with Crippen LogP contribution in [-0.2, 0) is 10.2 Å². The molecule has 2 rings (SSSR count). The van der Waals surface area contributed by atoms with Crippen LogP contribution in [0.1, 0.15) is 38.6 Å². The molecule has 94 valence electrons. The van der Waals surface area contributed by atoms with E-state index in [-0.39, 0.29) is 17.4 Å². The minimum absolute atomic E-state index is 0.000825. The van der Waals surface area contributed by atoms with Crippen LogP contribution in [-0.4, -0.2) is 28.7 Å². The lowest BCUT2D eigenvalue weighted by atomic mass is 9.98. The van der Waals surface area contributed by atoms with Crippen LogP contribution in [0, 0.1) is 0 Å². The molecule has 1 fully saturated rings. The van der Waals surface area contributed by atoms with Crippen LogP contribution >= 0.6 is 11.3 Å². The van der Waals surface area contributed by atoms with Crippen LogP contribution in [0.5, 0.6) is 0 Å². The molecule has 2 N–H and O–H groups in total. The molecule has 1 aliphatic rings. The smallest absolute Gasteiger partial charge is 0.243 e. The van der Waals surface area contributed by atoms with E-state index >= 15 is 0 Å². The number of anilines is 1. The molecule has 2 heterocycles. The van der Waals surface area contributed by atoms with Crippen LogP contribution < -0.4 is 10.6 Å². The van der Waals surface area contributed by atoms with Gasteiger partial charge in [0.15, 0.2) is 0 Å². The van der Waals surface area contributed by atoms with Crippen molar-refractivity contribution < 1.29 is 4.79 Å². The minimum atomic E-state index is -0.0722. The van der Waals surface area contributed by atoms with Crippen molar-refractivity contribution in [2.24, 2.45) is 0 Å². The molecule has 1 aromatic heterocycles. The van der Waals surface area contributed by atoms with E-state index in [0.717, 1.165) is 24.4 Å². The molecule has 0 bridgehead atoms. The number of carbonyl (C=O) groups is 1. The Bertz CT molecular complexity index is 404. The third kappa shape index (κ3) is 3.01. The first-order chi connectivity index (χ1) is 7.97. The zero-order chi connectivity index (χ0) is 12.5. The summed E-state index contributed by atoms with van der Waals surface area (Å²) in [7, 11) is 0. The molecule has 0 aromatic carbocycles. The first kappa shape index (κ1) is 12.4. The highest BCUT2D eigenvalue weighted by Gasteiger charge is 2.24. The van der Waals surface area contributed by atoms with E-state index in [1.807, 2.05) is 0 Å². The highest BCUT2D eigenvalue weighted by atomic mass is 32.1. The molecule has 1 aromatic rings. The number of amides is 1. The number of hydrogen-bond donors (Lipinski definition) is 2. The Morgan fingerprint density at radius 2 is 2.24 bits per heavy atom. The fourth-order valence-corrected chi connectivity index (χ4v) is 2.48. The Hall–Kier alpha value is -1.01. The van der Waals surface area contributed by atoms with Gasteiger partial charge in [0.2, 0.25) is 11.0 Å². The Balaban J connectivity index is 1.99. The molecule has 17 heavy (non-hydrogen) atoms. The summed E-state index contributed by atoms with van der Waals surface area (Å²) in [6, 6.07) is -0.0722. The maximum atomic E-state index is 11.8. The average Bonchev–Trinajstić information content (AvgIpc) is 2.85. The average molecular weight is 254 g/mol. The lowest BCUT2D eigenvalue weighted by molar-refractivity contribution is -0.117. The Morgan fingerprint density at radius 3 is 2.76 bits per heavy atom. The van der Waals surface area contributed by atoms with Crippen LogP contribution in [0.2, 0.25) is 0 Å². The minimum Gasteiger partial charge on any atom is -0.306 e. The zero-order valence-corrected chi connectivity index (χ0v) is 11.2. The van der Waals surface area contributed by atoms with Gasteiger partial charge in [-0.05, 0) is 19.4 Å². The molecule has 0 radical (unpaired) electrons. The summed E-state index contributed by atoms with van der Waals surface area (Å²) in [5.41, 5.74) is -0.0216. The third-order valence-electron chi connectivity index (χ3n) is 2.67. The Labute approximate surface area is 105 Å². The van der Waals surface area contributed by atoms with Crippen molar-refractivity contribution in [2.75, 3.05) is 11.9 Å². The second-order valence-electron chi connectivity index (χ2n) is 5.30. The van der Waals surface area contributed by atoms with Crippen molar-refractivity contribution in [3.63, 3.8) is 0 Å². The molecular weight excluding hydrogens is 236 g/mol. The second-order valence-corrected chi connectivity index (χ2v) is 6.28. The third-order valence-corrected chi connectivity index (χ3v) is 3.94. The standard InChI is InChI=1S/C11H18N4OS/c1-11(2,3)9-14-15-10(17-9)13-8(16)7-5-4-6-12-7/h7,12H,4-6H2,1-3H3,(H,13,15,16). The van der Waals surface area contributed by atoms with E-state index in [0.29, 0.717) is 5.13 Å². The lowest BCUT2D eigenvalue weighted by Gasteiger charge is -2.12. The first-order valence-corrected chi connectivity index (χ1v) is 6.67. The highest BCUT2D eigenvalue weighted by molar-refractivity contribution is 7.15. The van der Waals surface area contributed by atoms with Crippen molar-refractivity contribution in [1.29, 1.82) is 0 Å². The summed E-state index contributed by atoms with van der Waals surface area (Å²) in [6.45, 7) is 7.16. The topological polar surface area (TPSA) is 66.9 Å². The van der Waals surface area contributed by atoms with Crippen molar-refractivity contribution >= 4 is 22.4 Å². The van der Waals surface area contributed by atoms with Crippen molar-refractivity contribution in [3.8, 4) is 0 Å². The van der Waals surface area contributed by atoms with E-state index in [9.17, 15) is 4.79 Å².